The number of benzene rings is 1. The molecule has 2 saturated heterocycles. The Balaban J connectivity index is 1.38. The highest BCUT2D eigenvalue weighted by Crippen LogP contribution is 2.27. The normalized spacial score (nSPS) is 18.2. The smallest absolute Gasteiger partial charge is 0.253 e. The van der Waals surface area contributed by atoms with Crippen molar-refractivity contribution in [3.63, 3.8) is 0 Å². The van der Waals surface area contributed by atoms with E-state index in [0.717, 1.165) is 80.3 Å². The monoisotopic (exact) mass is 454 g/mol. The number of carbonyl (C=O) groups excluding carboxylic acids is 1. The molecule has 1 aromatic heterocycles. The molecule has 0 atom stereocenters. The SMILES string of the molecule is Cc1nc(SCc2ccc(C(=O)N3CCN(C)CC3)cc2)nc(N2CCN(C)CC2)c1C. The van der Waals surface area contributed by atoms with E-state index >= 15 is 0 Å². The number of amides is 1. The molecule has 0 aliphatic carbocycles. The van der Waals surface area contributed by atoms with Crippen molar-refractivity contribution in [2.75, 3.05) is 71.4 Å². The van der Waals surface area contributed by atoms with Gasteiger partial charge in [-0.1, -0.05) is 23.9 Å². The van der Waals surface area contributed by atoms with Gasteiger partial charge in [-0.05, 0) is 45.6 Å². The molecule has 2 aliphatic heterocycles. The summed E-state index contributed by atoms with van der Waals surface area (Å²) in [6.45, 7) is 11.8. The standard InChI is InChI=1S/C24H34N6OS/c1-18-19(2)25-24(26-22(18)29-13-9-27(3)10-14-29)32-17-20-5-7-21(8-6-20)23(31)30-15-11-28(4)12-16-30/h5-8H,9-17H2,1-4H3. The van der Waals surface area contributed by atoms with E-state index in [4.69, 9.17) is 9.97 Å². The Kier molecular flexibility index (Phi) is 7.33. The Morgan fingerprint density at radius 2 is 1.47 bits per heavy atom. The maximum absolute atomic E-state index is 12.7. The summed E-state index contributed by atoms with van der Waals surface area (Å²) in [4.78, 5) is 31.3. The number of anilines is 1. The minimum Gasteiger partial charge on any atom is -0.354 e. The first-order valence-corrected chi connectivity index (χ1v) is 12.4. The number of likely N-dealkylation sites (N-methyl/N-ethyl adjacent to an activating group) is 2. The van der Waals surface area contributed by atoms with Gasteiger partial charge in [0.05, 0.1) is 0 Å². The molecule has 1 amide bonds. The van der Waals surface area contributed by atoms with Crippen LogP contribution in [0.15, 0.2) is 29.4 Å². The summed E-state index contributed by atoms with van der Waals surface area (Å²) in [6.07, 6.45) is 0. The lowest BCUT2D eigenvalue weighted by atomic mass is 10.1. The van der Waals surface area contributed by atoms with Gasteiger partial charge in [0.2, 0.25) is 0 Å². The fourth-order valence-corrected chi connectivity index (χ4v) is 4.90. The third-order valence-electron chi connectivity index (χ3n) is 6.51. The van der Waals surface area contributed by atoms with E-state index in [1.807, 2.05) is 17.0 Å². The molecular formula is C24H34N6OS. The summed E-state index contributed by atoms with van der Waals surface area (Å²) in [5.41, 5.74) is 4.16. The van der Waals surface area contributed by atoms with Gasteiger partial charge in [0.1, 0.15) is 5.82 Å². The van der Waals surface area contributed by atoms with Crippen LogP contribution in [0.2, 0.25) is 0 Å². The van der Waals surface area contributed by atoms with Crippen LogP contribution in [0.25, 0.3) is 0 Å². The molecule has 32 heavy (non-hydrogen) atoms. The van der Waals surface area contributed by atoms with Crippen LogP contribution < -0.4 is 4.90 Å². The topological polar surface area (TPSA) is 55.8 Å². The van der Waals surface area contributed by atoms with E-state index < -0.39 is 0 Å². The summed E-state index contributed by atoms with van der Waals surface area (Å²) >= 11 is 1.66. The molecule has 172 valence electrons. The molecule has 2 fully saturated rings. The zero-order valence-electron chi connectivity index (χ0n) is 19.7. The number of thioether (sulfide) groups is 1. The van der Waals surface area contributed by atoms with Gasteiger partial charge < -0.3 is 19.6 Å². The number of piperazine rings is 2. The van der Waals surface area contributed by atoms with Crippen LogP contribution in [0.4, 0.5) is 5.82 Å². The van der Waals surface area contributed by atoms with Crippen LogP contribution in [0.3, 0.4) is 0 Å². The first-order chi connectivity index (χ1) is 15.4. The Hall–Kier alpha value is -2.16. The van der Waals surface area contributed by atoms with Crippen molar-refractivity contribution in [1.29, 1.82) is 0 Å². The summed E-state index contributed by atoms with van der Waals surface area (Å²) in [6, 6.07) is 8.01. The highest BCUT2D eigenvalue weighted by molar-refractivity contribution is 7.98. The largest absolute Gasteiger partial charge is 0.354 e. The Morgan fingerprint density at radius 1 is 0.875 bits per heavy atom. The Morgan fingerprint density at radius 3 is 2.09 bits per heavy atom. The Labute approximate surface area is 195 Å². The highest BCUT2D eigenvalue weighted by atomic mass is 32.2. The minimum absolute atomic E-state index is 0.131. The molecule has 0 radical (unpaired) electrons. The van der Waals surface area contributed by atoms with Gasteiger partial charge in [-0.3, -0.25) is 4.79 Å². The molecule has 0 bridgehead atoms. The maximum Gasteiger partial charge on any atom is 0.253 e. The predicted octanol–water partition coefficient (Wildman–Crippen LogP) is 2.53. The quantitative estimate of drug-likeness (QED) is 0.508. The summed E-state index contributed by atoms with van der Waals surface area (Å²) in [5.74, 6) is 1.99. The molecular weight excluding hydrogens is 420 g/mol. The van der Waals surface area contributed by atoms with Crippen molar-refractivity contribution >= 4 is 23.5 Å². The lowest BCUT2D eigenvalue weighted by molar-refractivity contribution is 0.0664. The number of hydrogen-bond acceptors (Lipinski definition) is 7. The molecule has 3 heterocycles. The fourth-order valence-electron chi connectivity index (χ4n) is 4.06. The third kappa shape index (κ3) is 5.42. The van der Waals surface area contributed by atoms with Gasteiger partial charge in [0.15, 0.2) is 5.16 Å². The van der Waals surface area contributed by atoms with Gasteiger partial charge in [-0.2, -0.15) is 0 Å². The molecule has 0 saturated carbocycles. The van der Waals surface area contributed by atoms with E-state index in [0.29, 0.717) is 0 Å². The molecule has 0 N–H and O–H groups in total. The van der Waals surface area contributed by atoms with Crippen molar-refractivity contribution < 1.29 is 4.79 Å². The van der Waals surface area contributed by atoms with E-state index in [9.17, 15) is 4.79 Å². The summed E-state index contributed by atoms with van der Waals surface area (Å²) in [7, 11) is 4.27. The van der Waals surface area contributed by atoms with Crippen LogP contribution in [-0.2, 0) is 5.75 Å². The fraction of sp³-hybridized carbons (Fsp3) is 0.542. The number of nitrogens with zero attached hydrogens (tertiary/aromatic N) is 6. The van der Waals surface area contributed by atoms with Crippen molar-refractivity contribution in [2.45, 2.75) is 24.8 Å². The molecule has 2 aromatic rings. The maximum atomic E-state index is 12.7. The van der Waals surface area contributed by atoms with Crippen LogP contribution in [0.5, 0.6) is 0 Å². The second kappa shape index (κ2) is 10.2. The van der Waals surface area contributed by atoms with Crippen LogP contribution >= 0.6 is 11.8 Å². The molecule has 0 unspecified atom stereocenters. The lowest BCUT2D eigenvalue weighted by Gasteiger charge is -2.34. The van der Waals surface area contributed by atoms with Gasteiger partial charge in [-0.25, -0.2) is 9.97 Å². The van der Waals surface area contributed by atoms with Gasteiger partial charge >= 0.3 is 0 Å². The van der Waals surface area contributed by atoms with Crippen LogP contribution in [0, 0.1) is 13.8 Å². The van der Waals surface area contributed by atoms with E-state index in [1.165, 1.54) is 11.1 Å². The molecule has 1 aromatic carbocycles. The van der Waals surface area contributed by atoms with E-state index in [2.05, 4.69) is 54.8 Å². The Bertz CT molecular complexity index is 934. The average Bonchev–Trinajstić information content (AvgIpc) is 2.81. The molecule has 4 rings (SSSR count). The highest BCUT2D eigenvalue weighted by Gasteiger charge is 2.21. The molecule has 0 spiro atoms. The zero-order chi connectivity index (χ0) is 22.7. The number of carbonyl (C=O) groups is 1. The van der Waals surface area contributed by atoms with Gasteiger partial charge in [-0.15, -0.1) is 0 Å². The number of aryl methyl sites for hydroxylation is 1. The van der Waals surface area contributed by atoms with E-state index in [1.54, 1.807) is 11.8 Å². The minimum atomic E-state index is 0.131. The van der Waals surface area contributed by atoms with Crippen molar-refractivity contribution in [3.05, 3.63) is 46.6 Å². The lowest BCUT2D eigenvalue weighted by Crippen LogP contribution is -2.47. The molecule has 2 aliphatic rings. The summed E-state index contributed by atoms with van der Waals surface area (Å²) < 4.78 is 0. The first kappa shape index (κ1) is 23.0. The second-order valence-corrected chi connectivity index (χ2v) is 9.85. The predicted molar refractivity (Wildman–Crippen MR) is 131 cm³/mol. The van der Waals surface area contributed by atoms with Crippen LogP contribution in [-0.4, -0.2) is 97.0 Å². The van der Waals surface area contributed by atoms with Crippen molar-refractivity contribution in [3.8, 4) is 0 Å². The second-order valence-electron chi connectivity index (χ2n) is 8.91. The molecule has 7 nitrogen and oxygen atoms in total. The van der Waals surface area contributed by atoms with Crippen molar-refractivity contribution in [2.24, 2.45) is 0 Å². The number of rotatable bonds is 5. The average molecular weight is 455 g/mol. The zero-order valence-corrected chi connectivity index (χ0v) is 20.5. The van der Waals surface area contributed by atoms with Gasteiger partial charge in [0, 0.05) is 74.9 Å². The third-order valence-corrected chi connectivity index (χ3v) is 7.42. The molecule has 8 heteroatoms. The number of hydrogen-bond donors (Lipinski definition) is 0. The van der Waals surface area contributed by atoms with Crippen molar-refractivity contribution in [1.82, 2.24) is 24.7 Å². The first-order valence-electron chi connectivity index (χ1n) is 11.4. The van der Waals surface area contributed by atoms with Gasteiger partial charge in [0.25, 0.3) is 5.91 Å². The summed E-state index contributed by atoms with van der Waals surface area (Å²) in [5, 5.41) is 0.819. The van der Waals surface area contributed by atoms with E-state index in [-0.39, 0.29) is 5.91 Å². The van der Waals surface area contributed by atoms with Crippen LogP contribution in [0.1, 0.15) is 27.2 Å². The number of aromatic nitrogens is 2.